The van der Waals surface area contributed by atoms with Gasteiger partial charge in [-0.15, -0.1) is 0 Å². The number of aromatic amines is 2. The zero-order valence-electron chi connectivity index (χ0n) is 10.1. The van der Waals surface area contributed by atoms with E-state index in [2.05, 4.69) is 20.3 Å². The number of H-pyrrole nitrogens is 2. The van der Waals surface area contributed by atoms with Crippen LogP contribution in [0.4, 0.5) is 0 Å². The predicted octanol–water partition coefficient (Wildman–Crippen LogP) is -1.77. The molecule has 0 saturated carbocycles. The number of nitrogens with one attached hydrogen (secondary N) is 3. The highest BCUT2D eigenvalue weighted by molar-refractivity contribution is 5.78. The van der Waals surface area contributed by atoms with Gasteiger partial charge in [-0.2, -0.15) is 0 Å². The van der Waals surface area contributed by atoms with E-state index < -0.39 is 18.8 Å². The van der Waals surface area contributed by atoms with Crippen LogP contribution in [0, 0.1) is 0 Å². The summed E-state index contributed by atoms with van der Waals surface area (Å²) in [7, 11) is 0. The third-order valence-electron chi connectivity index (χ3n) is 2.88. The van der Waals surface area contributed by atoms with Gasteiger partial charge in [0.1, 0.15) is 11.0 Å². The van der Waals surface area contributed by atoms with Crippen molar-refractivity contribution in [1.29, 1.82) is 0 Å². The molecule has 0 aliphatic heterocycles. The first-order valence-electron chi connectivity index (χ1n) is 5.87. The number of hydrogen-bond donors (Lipinski definition) is 6. The van der Waals surface area contributed by atoms with Crippen LogP contribution in [-0.2, 0) is 0 Å². The van der Waals surface area contributed by atoms with Crippen molar-refractivity contribution in [2.75, 3.05) is 19.8 Å². The second kappa shape index (κ2) is 5.93. The molecule has 19 heavy (non-hydrogen) atoms. The van der Waals surface area contributed by atoms with E-state index in [1.54, 1.807) is 6.20 Å². The Morgan fingerprint density at radius 1 is 1.37 bits per heavy atom. The van der Waals surface area contributed by atoms with Crippen LogP contribution in [0.1, 0.15) is 11.6 Å². The van der Waals surface area contributed by atoms with Crippen LogP contribution in [0.15, 0.2) is 17.3 Å². The second-order valence-electron chi connectivity index (χ2n) is 4.10. The molecule has 0 radical (unpaired) electrons. The summed E-state index contributed by atoms with van der Waals surface area (Å²) in [5, 5.41) is 30.6. The zero-order valence-corrected chi connectivity index (χ0v) is 10.1. The summed E-state index contributed by atoms with van der Waals surface area (Å²) in [6.45, 7) is -0.304. The maximum Gasteiger partial charge on any atom is 0.275 e. The maximum atomic E-state index is 11.6. The van der Waals surface area contributed by atoms with Crippen molar-refractivity contribution in [2.24, 2.45) is 0 Å². The molecule has 2 aromatic heterocycles. The van der Waals surface area contributed by atoms with E-state index in [0.29, 0.717) is 16.6 Å². The van der Waals surface area contributed by atoms with Gasteiger partial charge in [0.25, 0.3) is 5.56 Å². The molecule has 0 spiro atoms. The summed E-state index contributed by atoms with van der Waals surface area (Å²) in [6, 6.07) is -0.625. The first-order valence-corrected chi connectivity index (χ1v) is 5.87. The number of aromatic nitrogens is 3. The van der Waals surface area contributed by atoms with Crippen LogP contribution in [-0.4, -0.2) is 56.1 Å². The SMILES string of the molecule is O=c1[nH]cnc2c(C(NCCO)C(O)CO)c[nH]c12. The second-order valence-corrected chi connectivity index (χ2v) is 4.10. The van der Waals surface area contributed by atoms with Crippen LogP contribution in [0.3, 0.4) is 0 Å². The largest absolute Gasteiger partial charge is 0.395 e. The Kier molecular flexibility index (Phi) is 4.27. The highest BCUT2D eigenvalue weighted by atomic mass is 16.3. The van der Waals surface area contributed by atoms with Crippen molar-refractivity contribution >= 4 is 11.0 Å². The minimum atomic E-state index is -1.06. The molecular weight excluding hydrogens is 252 g/mol. The predicted molar refractivity (Wildman–Crippen MR) is 67.6 cm³/mol. The van der Waals surface area contributed by atoms with Gasteiger partial charge in [0.2, 0.25) is 0 Å². The molecule has 2 unspecified atom stereocenters. The molecule has 2 aromatic rings. The van der Waals surface area contributed by atoms with Crippen LogP contribution < -0.4 is 10.9 Å². The standard InChI is InChI=1S/C11H16N4O4/c16-2-1-12-8(7(18)4-17)6-3-13-10-9(6)14-5-15-11(10)19/h3,5,7-8,12-13,16-18H,1-2,4H2,(H,14,15,19). The quantitative estimate of drug-likeness (QED) is 0.367. The highest BCUT2D eigenvalue weighted by Gasteiger charge is 2.24. The summed E-state index contributed by atoms with van der Waals surface area (Å²) < 4.78 is 0. The summed E-state index contributed by atoms with van der Waals surface area (Å²) in [6.07, 6.45) is 1.77. The molecular formula is C11H16N4O4. The van der Waals surface area contributed by atoms with Gasteiger partial charge in [-0.05, 0) is 0 Å². The Morgan fingerprint density at radius 2 is 2.16 bits per heavy atom. The van der Waals surface area contributed by atoms with Gasteiger partial charge in [0.05, 0.1) is 31.7 Å². The molecule has 0 aliphatic carbocycles. The number of hydrogen-bond acceptors (Lipinski definition) is 6. The Morgan fingerprint density at radius 3 is 2.84 bits per heavy atom. The van der Waals surface area contributed by atoms with Gasteiger partial charge in [-0.1, -0.05) is 0 Å². The van der Waals surface area contributed by atoms with Crippen LogP contribution in [0.5, 0.6) is 0 Å². The maximum absolute atomic E-state index is 11.6. The molecule has 104 valence electrons. The first-order chi connectivity index (χ1) is 9.19. The number of fused-ring (bicyclic) bond motifs is 1. The molecule has 2 heterocycles. The van der Waals surface area contributed by atoms with Crippen molar-refractivity contribution in [3.63, 3.8) is 0 Å². The fraction of sp³-hybridized carbons (Fsp3) is 0.455. The number of nitrogens with zero attached hydrogens (tertiary/aromatic N) is 1. The molecule has 0 aliphatic rings. The average Bonchev–Trinajstić information content (AvgIpc) is 2.84. The molecule has 0 bridgehead atoms. The molecule has 8 nitrogen and oxygen atoms in total. The van der Waals surface area contributed by atoms with Crippen LogP contribution in [0.2, 0.25) is 0 Å². The van der Waals surface area contributed by atoms with Gasteiger partial charge >= 0.3 is 0 Å². The molecule has 6 N–H and O–H groups in total. The third kappa shape index (κ3) is 2.66. The Labute approximate surface area is 108 Å². The summed E-state index contributed by atoms with van der Waals surface area (Å²) in [4.78, 5) is 20.9. The van der Waals surface area contributed by atoms with Gasteiger partial charge in [0, 0.05) is 18.3 Å². The molecule has 0 saturated heterocycles. The van der Waals surface area contributed by atoms with E-state index in [0.717, 1.165) is 0 Å². The minimum absolute atomic E-state index is 0.106. The lowest BCUT2D eigenvalue weighted by Crippen LogP contribution is -2.35. The van der Waals surface area contributed by atoms with E-state index >= 15 is 0 Å². The van der Waals surface area contributed by atoms with E-state index in [9.17, 15) is 9.90 Å². The molecule has 0 amide bonds. The molecule has 2 rings (SSSR count). The highest BCUT2D eigenvalue weighted by Crippen LogP contribution is 2.22. The van der Waals surface area contributed by atoms with E-state index in [1.807, 2.05) is 0 Å². The minimum Gasteiger partial charge on any atom is -0.395 e. The molecule has 2 atom stereocenters. The average molecular weight is 268 g/mol. The molecule has 8 heteroatoms. The van der Waals surface area contributed by atoms with Crippen LogP contribution >= 0.6 is 0 Å². The smallest absolute Gasteiger partial charge is 0.275 e. The summed E-state index contributed by atoms with van der Waals surface area (Å²) >= 11 is 0. The lowest BCUT2D eigenvalue weighted by atomic mass is 10.0. The summed E-state index contributed by atoms with van der Waals surface area (Å²) in [5.41, 5.74) is 0.983. The molecule has 0 aromatic carbocycles. The topological polar surface area (TPSA) is 134 Å². The van der Waals surface area contributed by atoms with E-state index in [1.165, 1.54) is 6.33 Å². The van der Waals surface area contributed by atoms with Crippen LogP contribution in [0.25, 0.3) is 11.0 Å². The van der Waals surface area contributed by atoms with Gasteiger partial charge in [-0.25, -0.2) is 4.98 Å². The van der Waals surface area contributed by atoms with Crippen molar-refractivity contribution < 1.29 is 15.3 Å². The fourth-order valence-electron chi connectivity index (χ4n) is 1.99. The Hall–Kier alpha value is -1.74. The van der Waals surface area contributed by atoms with Crippen molar-refractivity contribution in [3.05, 3.63) is 28.4 Å². The number of aliphatic hydroxyl groups is 3. The van der Waals surface area contributed by atoms with Crippen molar-refractivity contribution in [1.82, 2.24) is 20.3 Å². The Balaban J connectivity index is 2.44. The molecule has 0 fully saturated rings. The third-order valence-corrected chi connectivity index (χ3v) is 2.88. The summed E-state index contributed by atoms with van der Waals surface area (Å²) in [5.74, 6) is 0. The lowest BCUT2D eigenvalue weighted by molar-refractivity contribution is 0.0612. The monoisotopic (exact) mass is 268 g/mol. The van der Waals surface area contributed by atoms with E-state index in [-0.39, 0.29) is 18.7 Å². The fourth-order valence-corrected chi connectivity index (χ4v) is 1.99. The van der Waals surface area contributed by atoms with Gasteiger partial charge < -0.3 is 30.6 Å². The normalized spacial score (nSPS) is 14.7. The van der Waals surface area contributed by atoms with Gasteiger partial charge in [0.15, 0.2) is 0 Å². The number of rotatable bonds is 6. The Bertz CT molecular complexity index is 594. The first kappa shape index (κ1) is 13.7. The number of aliphatic hydroxyl groups excluding tert-OH is 3. The van der Waals surface area contributed by atoms with Crippen molar-refractivity contribution in [3.8, 4) is 0 Å². The van der Waals surface area contributed by atoms with E-state index in [4.69, 9.17) is 10.2 Å². The van der Waals surface area contributed by atoms with Crippen molar-refractivity contribution in [2.45, 2.75) is 12.1 Å². The lowest BCUT2D eigenvalue weighted by Gasteiger charge is -2.21. The zero-order chi connectivity index (χ0) is 13.8. The van der Waals surface area contributed by atoms with Gasteiger partial charge in [-0.3, -0.25) is 4.79 Å².